The first-order valence-corrected chi connectivity index (χ1v) is 8.36. The highest BCUT2D eigenvalue weighted by atomic mass is 79.9. The Bertz CT molecular complexity index is 777. The highest BCUT2D eigenvalue weighted by Gasteiger charge is 2.35. The number of hydrogen-bond donors (Lipinski definition) is 1. The summed E-state index contributed by atoms with van der Waals surface area (Å²) in [6.45, 7) is -0.553. The van der Waals surface area contributed by atoms with Gasteiger partial charge in [0.1, 0.15) is 5.57 Å². The van der Waals surface area contributed by atoms with Gasteiger partial charge in [0.2, 0.25) is 0 Å². The van der Waals surface area contributed by atoms with Crippen molar-refractivity contribution < 1.29 is 24.2 Å². The number of carbonyl (C=O) groups is 3. The van der Waals surface area contributed by atoms with E-state index in [0.717, 1.165) is 0 Å². The molecule has 7 nitrogen and oxygen atoms in total. The van der Waals surface area contributed by atoms with Crippen molar-refractivity contribution in [3.63, 3.8) is 0 Å². The van der Waals surface area contributed by atoms with Crippen molar-refractivity contribution in [3.05, 3.63) is 32.8 Å². The van der Waals surface area contributed by atoms with Crippen LogP contribution < -0.4 is 4.74 Å². The molecule has 1 N–H and O–H groups in total. The predicted octanol–water partition coefficient (Wildman–Crippen LogP) is 2.16. The average Bonchev–Trinajstić information content (AvgIpc) is 2.54. The third kappa shape index (κ3) is 4.00. The lowest BCUT2D eigenvalue weighted by molar-refractivity contribution is -0.139. The van der Waals surface area contributed by atoms with Gasteiger partial charge >= 0.3 is 5.97 Å². The minimum atomic E-state index is -1.14. The van der Waals surface area contributed by atoms with Crippen LogP contribution in [0.5, 0.6) is 5.75 Å². The Morgan fingerprint density at radius 1 is 1.32 bits per heavy atom. The number of carboxylic acids is 1. The third-order valence-electron chi connectivity index (χ3n) is 3.32. The number of ether oxygens (including phenoxy) is 1. The molecule has 132 valence electrons. The van der Waals surface area contributed by atoms with Crippen molar-refractivity contribution in [3.8, 4) is 5.75 Å². The van der Waals surface area contributed by atoms with E-state index in [1.807, 2.05) is 0 Å². The molecule has 1 fully saturated rings. The number of carboxylic acid groups (broad SMARTS) is 1. The monoisotopic (exact) mass is 446 g/mol. The Hall–Kier alpha value is -1.97. The summed E-state index contributed by atoms with van der Waals surface area (Å²) < 4.78 is 5.49. The van der Waals surface area contributed by atoms with E-state index in [1.165, 1.54) is 36.0 Å². The summed E-state index contributed by atoms with van der Waals surface area (Å²) in [5.41, 5.74) is 0.395. The van der Waals surface area contributed by atoms with Crippen molar-refractivity contribution in [2.75, 3.05) is 20.7 Å². The normalized spacial score (nSPS) is 14.9. The summed E-state index contributed by atoms with van der Waals surface area (Å²) in [5.74, 6) is -2.03. The highest BCUT2D eigenvalue weighted by molar-refractivity contribution is 9.10. The Balaban J connectivity index is 2.40. The maximum Gasteiger partial charge on any atom is 0.341 e. The SMILES string of the molecule is CN1C(=O)C(=Cc2cc(Cl)c(OCC(=O)O)c(Br)c2)C(=O)N(C)C1=S. The highest BCUT2D eigenvalue weighted by Crippen LogP contribution is 2.35. The minimum Gasteiger partial charge on any atom is -0.479 e. The summed E-state index contributed by atoms with van der Waals surface area (Å²) >= 11 is 14.4. The first-order chi connectivity index (χ1) is 11.6. The summed E-state index contributed by atoms with van der Waals surface area (Å²) in [5, 5.41) is 8.92. The molecule has 25 heavy (non-hydrogen) atoms. The zero-order chi connectivity index (χ0) is 18.9. The van der Waals surface area contributed by atoms with Gasteiger partial charge in [-0.2, -0.15) is 0 Å². The van der Waals surface area contributed by atoms with Crippen LogP contribution in [0.3, 0.4) is 0 Å². The molecule has 1 heterocycles. The van der Waals surface area contributed by atoms with E-state index in [2.05, 4.69) is 15.9 Å². The average molecular weight is 448 g/mol. The Morgan fingerprint density at radius 3 is 2.36 bits per heavy atom. The number of amides is 2. The smallest absolute Gasteiger partial charge is 0.341 e. The number of hydrogen-bond acceptors (Lipinski definition) is 5. The fraction of sp³-hybridized carbons (Fsp3) is 0.200. The van der Waals surface area contributed by atoms with Gasteiger partial charge in [0.15, 0.2) is 17.5 Å². The molecule has 1 aromatic rings. The molecule has 0 bridgehead atoms. The molecule has 1 aliphatic heterocycles. The molecule has 1 aliphatic rings. The summed E-state index contributed by atoms with van der Waals surface area (Å²) in [6.07, 6.45) is 1.39. The molecular formula is C15H12BrClN2O5S. The van der Waals surface area contributed by atoms with Crippen LogP contribution in [-0.2, 0) is 14.4 Å². The second-order valence-electron chi connectivity index (χ2n) is 5.07. The van der Waals surface area contributed by atoms with Gasteiger partial charge in [-0.25, -0.2) is 4.79 Å². The maximum absolute atomic E-state index is 12.3. The first kappa shape index (κ1) is 19.4. The Labute approximate surface area is 161 Å². The molecule has 0 aromatic heterocycles. The van der Waals surface area contributed by atoms with Crippen molar-refractivity contribution in [1.29, 1.82) is 0 Å². The fourth-order valence-electron chi connectivity index (χ4n) is 2.08. The van der Waals surface area contributed by atoms with Crippen molar-refractivity contribution in [2.45, 2.75) is 0 Å². The minimum absolute atomic E-state index is 0.0687. The van der Waals surface area contributed by atoms with E-state index in [4.69, 9.17) is 33.7 Å². The van der Waals surface area contributed by atoms with E-state index in [9.17, 15) is 14.4 Å². The van der Waals surface area contributed by atoms with Gasteiger partial charge in [-0.05, 0) is 51.9 Å². The van der Waals surface area contributed by atoms with Gasteiger partial charge in [0.05, 0.1) is 9.50 Å². The predicted molar refractivity (Wildman–Crippen MR) is 98.4 cm³/mol. The molecule has 0 spiro atoms. The molecule has 1 aromatic carbocycles. The number of halogens is 2. The van der Waals surface area contributed by atoms with Crippen LogP contribution in [0.4, 0.5) is 0 Å². The summed E-state index contributed by atoms with van der Waals surface area (Å²) in [7, 11) is 2.96. The van der Waals surface area contributed by atoms with E-state index in [-0.39, 0.29) is 21.5 Å². The molecule has 1 saturated heterocycles. The Kier molecular flexibility index (Phi) is 5.81. The lowest BCUT2D eigenvalue weighted by Crippen LogP contribution is -2.52. The van der Waals surface area contributed by atoms with Crippen LogP contribution in [0.1, 0.15) is 5.56 Å². The molecule has 0 aliphatic carbocycles. The van der Waals surface area contributed by atoms with E-state index in [1.54, 1.807) is 6.07 Å². The van der Waals surface area contributed by atoms with Crippen LogP contribution in [0.25, 0.3) is 6.08 Å². The van der Waals surface area contributed by atoms with Gasteiger partial charge in [-0.15, -0.1) is 0 Å². The molecule has 2 amide bonds. The van der Waals surface area contributed by atoms with E-state index >= 15 is 0 Å². The number of thiocarbonyl (C=S) groups is 1. The number of aliphatic carboxylic acids is 1. The van der Waals surface area contributed by atoms with Gasteiger partial charge < -0.3 is 9.84 Å². The lowest BCUT2D eigenvalue weighted by Gasteiger charge is -2.31. The summed E-state index contributed by atoms with van der Waals surface area (Å²) in [4.78, 5) is 37.6. The standard InChI is InChI=1S/C15H12BrClN2O5S/c1-18-13(22)8(14(23)19(2)15(18)25)3-7-4-9(16)12(10(17)5-7)24-6-11(20)21/h3-5H,6H2,1-2H3,(H,20,21). The molecule has 2 rings (SSSR count). The number of benzene rings is 1. The third-order valence-corrected chi connectivity index (χ3v) is 4.73. The van der Waals surface area contributed by atoms with Crippen molar-refractivity contribution >= 4 is 68.7 Å². The van der Waals surface area contributed by atoms with Gasteiger partial charge in [-0.3, -0.25) is 19.4 Å². The quantitative estimate of drug-likeness (QED) is 0.432. The van der Waals surface area contributed by atoms with Gasteiger partial charge in [0, 0.05) is 14.1 Å². The second-order valence-corrected chi connectivity index (χ2v) is 6.69. The molecule has 10 heteroatoms. The van der Waals surface area contributed by atoms with E-state index in [0.29, 0.717) is 10.0 Å². The lowest BCUT2D eigenvalue weighted by atomic mass is 10.1. The number of likely N-dealkylation sites (N-methyl/N-ethyl adjacent to an activating group) is 2. The van der Waals surface area contributed by atoms with Crippen molar-refractivity contribution in [1.82, 2.24) is 9.80 Å². The summed E-state index contributed by atoms with van der Waals surface area (Å²) in [6, 6.07) is 3.02. The number of rotatable bonds is 4. The number of carbonyl (C=O) groups excluding carboxylic acids is 2. The maximum atomic E-state index is 12.3. The zero-order valence-corrected chi connectivity index (χ0v) is 16.2. The van der Waals surface area contributed by atoms with Gasteiger partial charge in [-0.1, -0.05) is 11.6 Å². The second kappa shape index (κ2) is 7.51. The fourth-order valence-corrected chi connectivity index (χ4v) is 3.23. The van der Waals surface area contributed by atoms with E-state index < -0.39 is 24.4 Å². The van der Waals surface area contributed by atoms with Gasteiger partial charge in [0.25, 0.3) is 11.8 Å². The molecule has 0 unspecified atom stereocenters. The zero-order valence-electron chi connectivity index (χ0n) is 13.1. The molecule has 0 saturated carbocycles. The molecule has 0 atom stereocenters. The number of nitrogens with zero attached hydrogens (tertiary/aromatic N) is 2. The van der Waals surface area contributed by atoms with Crippen LogP contribution in [0.2, 0.25) is 5.02 Å². The first-order valence-electron chi connectivity index (χ1n) is 6.79. The van der Waals surface area contributed by atoms with Crippen LogP contribution >= 0.6 is 39.7 Å². The largest absolute Gasteiger partial charge is 0.479 e. The molecular weight excluding hydrogens is 436 g/mol. The van der Waals surface area contributed by atoms with Crippen LogP contribution in [0.15, 0.2) is 22.2 Å². The molecule has 0 radical (unpaired) electrons. The van der Waals surface area contributed by atoms with Crippen molar-refractivity contribution in [2.24, 2.45) is 0 Å². The van der Waals surface area contributed by atoms with Crippen LogP contribution in [-0.4, -0.2) is 58.5 Å². The van der Waals surface area contributed by atoms with Crippen LogP contribution in [0, 0.1) is 0 Å². The Morgan fingerprint density at radius 2 is 1.88 bits per heavy atom. The topological polar surface area (TPSA) is 87.1 Å².